The largest absolute Gasteiger partial charge is 0.321 e. The predicted molar refractivity (Wildman–Crippen MR) is 81.0 cm³/mol. The molecule has 122 valence electrons. The fourth-order valence-corrected chi connectivity index (χ4v) is 2.59. The molecule has 7 nitrogen and oxygen atoms in total. The second-order valence-electron chi connectivity index (χ2n) is 4.73. The highest BCUT2D eigenvalue weighted by molar-refractivity contribution is 9.10. The first-order valence-electron chi connectivity index (χ1n) is 6.33. The Hall–Kier alpha value is -2.36. The first kappa shape index (κ1) is 17.0. The van der Waals surface area contributed by atoms with Gasteiger partial charge in [-0.15, -0.1) is 0 Å². The van der Waals surface area contributed by atoms with Gasteiger partial charge >= 0.3 is 5.69 Å². The molecule has 0 aliphatic heterocycles. The van der Waals surface area contributed by atoms with E-state index in [0.29, 0.717) is 6.07 Å². The van der Waals surface area contributed by atoms with Crippen LogP contribution in [0.3, 0.4) is 0 Å². The van der Waals surface area contributed by atoms with E-state index in [-0.39, 0.29) is 33.8 Å². The molecule has 2 rings (SSSR count). The van der Waals surface area contributed by atoms with Gasteiger partial charge in [-0.2, -0.15) is 5.10 Å². The van der Waals surface area contributed by atoms with Crippen LogP contribution in [0.5, 0.6) is 0 Å². The Morgan fingerprint density at radius 2 is 2.09 bits per heavy atom. The molecule has 23 heavy (non-hydrogen) atoms. The number of hydrogen-bond donors (Lipinski definition) is 1. The van der Waals surface area contributed by atoms with E-state index in [1.165, 1.54) is 13.8 Å². The lowest BCUT2D eigenvalue weighted by molar-refractivity contribution is -0.386. The number of nitrogens with zero attached hydrogens (tertiary/aromatic N) is 3. The van der Waals surface area contributed by atoms with Gasteiger partial charge in [-0.05, 0) is 35.8 Å². The molecule has 0 spiro atoms. The molecule has 0 bridgehead atoms. The lowest BCUT2D eigenvalue weighted by Crippen LogP contribution is -2.21. The quantitative estimate of drug-likeness (QED) is 0.643. The van der Waals surface area contributed by atoms with E-state index in [9.17, 15) is 23.7 Å². The molecule has 1 amide bonds. The first-order chi connectivity index (χ1) is 10.7. The molecule has 1 aromatic heterocycles. The third-order valence-electron chi connectivity index (χ3n) is 3.09. The fourth-order valence-electron chi connectivity index (χ4n) is 2.08. The number of aryl methyl sites for hydroxylation is 1. The number of halogens is 3. The van der Waals surface area contributed by atoms with Gasteiger partial charge in [0.2, 0.25) is 5.91 Å². The summed E-state index contributed by atoms with van der Waals surface area (Å²) >= 11 is 2.95. The maximum absolute atomic E-state index is 13.7. The van der Waals surface area contributed by atoms with Crippen molar-refractivity contribution in [2.24, 2.45) is 0 Å². The summed E-state index contributed by atoms with van der Waals surface area (Å²) in [7, 11) is 0. The molecule has 0 aliphatic rings. The van der Waals surface area contributed by atoms with Gasteiger partial charge in [0.1, 0.15) is 23.7 Å². The highest BCUT2D eigenvalue weighted by atomic mass is 79.9. The van der Waals surface area contributed by atoms with Crippen molar-refractivity contribution < 1.29 is 18.5 Å². The SMILES string of the molecule is Cc1nn(CC(=O)Nc2c(F)cc(F)cc2Br)c(C)c1[N+](=O)[O-]. The van der Waals surface area contributed by atoms with Crippen LogP contribution in [0.2, 0.25) is 0 Å². The van der Waals surface area contributed by atoms with Gasteiger partial charge in [-0.25, -0.2) is 8.78 Å². The highest BCUT2D eigenvalue weighted by Crippen LogP contribution is 2.27. The van der Waals surface area contributed by atoms with Crippen molar-refractivity contribution in [1.82, 2.24) is 9.78 Å². The Balaban J connectivity index is 2.21. The van der Waals surface area contributed by atoms with Gasteiger partial charge < -0.3 is 5.32 Å². The van der Waals surface area contributed by atoms with E-state index in [1.54, 1.807) is 0 Å². The number of rotatable bonds is 4. The summed E-state index contributed by atoms with van der Waals surface area (Å²) in [6.07, 6.45) is 0. The van der Waals surface area contributed by atoms with Crippen LogP contribution < -0.4 is 5.32 Å². The summed E-state index contributed by atoms with van der Waals surface area (Å²) in [5.41, 5.74) is -0.00453. The molecule has 0 saturated heterocycles. The van der Waals surface area contributed by atoms with Crippen LogP contribution in [0.25, 0.3) is 0 Å². The number of anilines is 1. The number of benzene rings is 1. The van der Waals surface area contributed by atoms with Gasteiger partial charge in [0.05, 0.1) is 10.6 Å². The van der Waals surface area contributed by atoms with Gasteiger partial charge in [0.25, 0.3) is 0 Å². The number of nitrogens with one attached hydrogen (secondary N) is 1. The Labute approximate surface area is 137 Å². The first-order valence-corrected chi connectivity index (χ1v) is 7.12. The lowest BCUT2D eigenvalue weighted by Gasteiger charge is -2.09. The number of amides is 1. The topological polar surface area (TPSA) is 90.1 Å². The molecule has 1 N–H and O–H groups in total. The van der Waals surface area contributed by atoms with Crippen molar-refractivity contribution in [3.8, 4) is 0 Å². The van der Waals surface area contributed by atoms with Crippen molar-refractivity contribution in [3.63, 3.8) is 0 Å². The van der Waals surface area contributed by atoms with Gasteiger partial charge in [-0.3, -0.25) is 19.6 Å². The molecular formula is C13H11BrF2N4O3. The standard InChI is InChI=1S/C13H11BrF2N4O3/c1-6-13(20(22)23)7(2)19(18-6)5-11(21)17-12-9(14)3-8(15)4-10(12)16/h3-4H,5H2,1-2H3,(H,17,21). The van der Waals surface area contributed by atoms with E-state index in [0.717, 1.165) is 10.7 Å². The van der Waals surface area contributed by atoms with E-state index in [4.69, 9.17) is 0 Å². The molecule has 0 atom stereocenters. The average molecular weight is 389 g/mol. The van der Waals surface area contributed by atoms with E-state index in [1.807, 2.05) is 0 Å². The number of carbonyl (C=O) groups is 1. The van der Waals surface area contributed by atoms with E-state index in [2.05, 4.69) is 26.3 Å². The van der Waals surface area contributed by atoms with Crippen LogP contribution in [0.1, 0.15) is 11.4 Å². The van der Waals surface area contributed by atoms with Crippen LogP contribution in [0, 0.1) is 35.6 Å². The van der Waals surface area contributed by atoms with Crippen molar-refractivity contribution in [3.05, 3.63) is 49.7 Å². The number of aromatic nitrogens is 2. The van der Waals surface area contributed by atoms with Crippen LogP contribution in [-0.2, 0) is 11.3 Å². The van der Waals surface area contributed by atoms with Gasteiger partial charge in [0.15, 0.2) is 5.82 Å². The maximum atomic E-state index is 13.7. The lowest BCUT2D eigenvalue weighted by atomic mass is 10.3. The second kappa shape index (κ2) is 6.41. The van der Waals surface area contributed by atoms with Crippen LogP contribution >= 0.6 is 15.9 Å². The molecule has 0 fully saturated rings. The number of nitro groups is 1. The second-order valence-corrected chi connectivity index (χ2v) is 5.58. The zero-order chi connectivity index (χ0) is 17.3. The Bertz CT molecular complexity index is 784. The fraction of sp³-hybridized carbons (Fsp3) is 0.231. The molecule has 0 radical (unpaired) electrons. The molecule has 0 unspecified atom stereocenters. The molecule has 10 heteroatoms. The van der Waals surface area contributed by atoms with E-state index >= 15 is 0 Å². The van der Waals surface area contributed by atoms with Crippen molar-refractivity contribution in [2.75, 3.05) is 5.32 Å². The molecule has 0 aliphatic carbocycles. The predicted octanol–water partition coefficient (Wildman–Crippen LogP) is 3.09. The average Bonchev–Trinajstić information content (AvgIpc) is 2.68. The summed E-state index contributed by atoms with van der Waals surface area (Å²) in [6.45, 7) is 2.57. The summed E-state index contributed by atoms with van der Waals surface area (Å²) in [6, 6.07) is 1.64. The van der Waals surface area contributed by atoms with Crippen molar-refractivity contribution >= 4 is 33.2 Å². The minimum Gasteiger partial charge on any atom is -0.321 e. The Morgan fingerprint density at radius 1 is 1.43 bits per heavy atom. The van der Waals surface area contributed by atoms with Crippen LogP contribution in [-0.4, -0.2) is 20.6 Å². The third-order valence-corrected chi connectivity index (χ3v) is 3.72. The Morgan fingerprint density at radius 3 is 2.61 bits per heavy atom. The van der Waals surface area contributed by atoms with E-state index < -0.39 is 22.5 Å². The van der Waals surface area contributed by atoms with Crippen LogP contribution in [0.4, 0.5) is 20.2 Å². The minimum atomic E-state index is -0.940. The van der Waals surface area contributed by atoms with Gasteiger partial charge in [-0.1, -0.05) is 0 Å². The normalized spacial score (nSPS) is 10.7. The maximum Gasteiger partial charge on any atom is 0.312 e. The summed E-state index contributed by atoms with van der Waals surface area (Å²) in [5, 5.41) is 17.1. The van der Waals surface area contributed by atoms with Crippen molar-refractivity contribution in [1.29, 1.82) is 0 Å². The molecule has 1 heterocycles. The monoisotopic (exact) mass is 388 g/mol. The Kier molecular flexibility index (Phi) is 4.73. The smallest absolute Gasteiger partial charge is 0.312 e. The molecule has 0 saturated carbocycles. The molecule has 2 aromatic rings. The number of hydrogen-bond acceptors (Lipinski definition) is 4. The van der Waals surface area contributed by atoms with Crippen LogP contribution in [0.15, 0.2) is 16.6 Å². The summed E-state index contributed by atoms with van der Waals surface area (Å²) < 4.78 is 27.9. The molecular weight excluding hydrogens is 378 g/mol. The third kappa shape index (κ3) is 3.52. The zero-order valence-corrected chi connectivity index (χ0v) is 13.6. The summed E-state index contributed by atoms with van der Waals surface area (Å²) in [5.74, 6) is -2.39. The van der Waals surface area contributed by atoms with Crippen molar-refractivity contribution in [2.45, 2.75) is 20.4 Å². The highest BCUT2D eigenvalue weighted by Gasteiger charge is 2.23. The molecule has 1 aromatic carbocycles. The number of carbonyl (C=O) groups excluding carboxylic acids is 1. The summed E-state index contributed by atoms with van der Waals surface area (Å²) in [4.78, 5) is 22.3. The minimum absolute atomic E-state index is 0.0442. The zero-order valence-electron chi connectivity index (χ0n) is 12.1. The van der Waals surface area contributed by atoms with Gasteiger partial charge in [0, 0.05) is 10.5 Å².